The van der Waals surface area contributed by atoms with Gasteiger partial charge in [0.05, 0.1) is 0 Å². The Bertz CT molecular complexity index is 1020. The number of amides is 3. The molecule has 0 saturated carbocycles. The van der Waals surface area contributed by atoms with Gasteiger partial charge in [-0.25, -0.2) is 4.79 Å². The zero-order chi connectivity index (χ0) is 26.9. The van der Waals surface area contributed by atoms with Crippen molar-refractivity contribution in [1.29, 1.82) is 0 Å². The summed E-state index contributed by atoms with van der Waals surface area (Å²) in [5, 5.41) is 24.8. The summed E-state index contributed by atoms with van der Waals surface area (Å²) in [5.74, 6) is -0.757. The first-order valence-electron chi connectivity index (χ1n) is 12.0. The van der Waals surface area contributed by atoms with Crippen LogP contribution in [0, 0.1) is 0 Å². The molecule has 9 heteroatoms. The lowest BCUT2D eigenvalue weighted by Gasteiger charge is -2.31. The summed E-state index contributed by atoms with van der Waals surface area (Å²) in [4.78, 5) is 40.7. The quantitative estimate of drug-likeness (QED) is 0.370. The highest BCUT2D eigenvalue weighted by atomic mass is 16.6. The number of benzene rings is 2. The lowest BCUT2D eigenvalue weighted by Crippen LogP contribution is -2.52. The predicted molar refractivity (Wildman–Crippen MR) is 137 cm³/mol. The molecular weight excluding hydrogens is 462 g/mol. The lowest BCUT2D eigenvalue weighted by molar-refractivity contribution is -0.140. The fourth-order valence-electron chi connectivity index (χ4n) is 3.58. The number of phenolic OH excluding ortho intramolecular Hbond substituents is 2. The highest BCUT2D eigenvalue weighted by molar-refractivity contribution is 5.92. The maximum absolute atomic E-state index is 13.7. The van der Waals surface area contributed by atoms with Gasteiger partial charge in [0.15, 0.2) is 0 Å². The average molecular weight is 500 g/mol. The Balaban J connectivity index is 2.36. The lowest BCUT2D eigenvalue weighted by atomic mass is 10.0. The van der Waals surface area contributed by atoms with Crippen molar-refractivity contribution < 1.29 is 29.3 Å². The number of carbonyl (C=O) groups is 3. The van der Waals surface area contributed by atoms with Crippen molar-refractivity contribution in [1.82, 2.24) is 15.5 Å². The van der Waals surface area contributed by atoms with Crippen LogP contribution in [0.25, 0.3) is 0 Å². The number of unbranched alkanes of at least 4 members (excludes halogenated alkanes) is 1. The second kappa shape index (κ2) is 12.8. The molecule has 2 aromatic rings. The van der Waals surface area contributed by atoms with Crippen molar-refractivity contribution in [2.75, 3.05) is 13.6 Å². The Kier molecular flexibility index (Phi) is 10.1. The molecule has 0 aromatic heterocycles. The van der Waals surface area contributed by atoms with Crippen LogP contribution in [0.3, 0.4) is 0 Å². The Hall–Kier alpha value is -3.75. The Morgan fingerprint density at radius 1 is 0.972 bits per heavy atom. The van der Waals surface area contributed by atoms with Gasteiger partial charge < -0.3 is 30.5 Å². The van der Waals surface area contributed by atoms with Crippen LogP contribution < -0.4 is 10.6 Å². The van der Waals surface area contributed by atoms with Gasteiger partial charge in [-0.3, -0.25) is 9.59 Å². The summed E-state index contributed by atoms with van der Waals surface area (Å²) in [6.45, 7) is 7.62. The smallest absolute Gasteiger partial charge is 0.408 e. The van der Waals surface area contributed by atoms with Gasteiger partial charge in [-0.1, -0.05) is 37.6 Å². The molecule has 0 aliphatic rings. The van der Waals surface area contributed by atoms with Crippen molar-refractivity contribution in [2.24, 2.45) is 0 Å². The van der Waals surface area contributed by atoms with E-state index < -0.39 is 29.7 Å². The number of hydrogen-bond acceptors (Lipinski definition) is 6. The molecule has 0 spiro atoms. The van der Waals surface area contributed by atoms with E-state index in [-0.39, 0.29) is 23.8 Å². The molecule has 0 saturated heterocycles. The molecule has 0 fully saturated rings. The third kappa shape index (κ3) is 8.79. The van der Waals surface area contributed by atoms with E-state index in [1.165, 1.54) is 36.2 Å². The number of phenols is 2. The SMILES string of the molecule is CCCCNC(=O)C(c1ccc(O)cc1)N(C)C(=O)C(Cc1ccc(O)cc1)NC(=O)OC(C)(C)C. The molecule has 0 aliphatic heterocycles. The zero-order valence-electron chi connectivity index (χ0n) is 21.6. The van der Waals surface area contributed by atoms with Crippen LogP contribution in [0.5, 0.6) is 11.5 Å². The second-order valence-electron chi connectivity index (χ2n) is 9.66. The molecule has 2 atom stereocenters. The number of alkyl carbamates (subject to hydrolysis) is 1. The van der Waals surface area contributed by atoms with E-state index in [4.69, 9.17) is 4.74 Å². The minimum Gasteiger partial charge on any atom is -0.508 e. The van der Waals surface area contributed by atoms with Gasteiger partial charge in [-0.05, 0) is 62.6 Å². The fraction of sp³-hybridized carbons (Fsp3) is 0.444. The largest absolute Gasteiger partial charge is 0.508 e. The Labute approximate surface area is 212 Å². The highest BCUT2D eigenvalue weighted by Crippen LogP contribution is 2.24. The molecule has 0 heterocycles. The average Bonchev–Trinajstić information content (AvgIpc) is 2.80. The van der Waals surface area contributed by atoms with Crippen LogP contribution in [0.1, 0.15) is 57.7 Å². The van der Waals surface area contributed by atoms with Gasteiger partial charge in [0.2, 0.25) is 11.8 Å². The molecule has 2 rings (SSSR count). The van der Waals surface area contributed by atoms with Gasteiger partial charge in [0, 0.05) is 20.0 Å². The van der Waals surface area contributed by atoms with Crippen LogP contribution in [-0.4, -0.2) is 58.3 Å². The van der Waals surface area contributed by atoms with Gasteiger partial charge in [0.1, 0.15) is 29.2 Å². The van der Waals surface area contributed by atoms with Gasteiger partial charge >= 0.3 is 6.09 Å². The molecule has 2 unspecified atom stereocenters. The molecule has 36 heavy (non-hydrogen) atoms. The molecule has 196 valence electrons. The minimum absolute atomic E-state index is 0.0367. The van der Waals surface area contributed by atoms with Gasteiger partial charge in [0.25, 0.3) is 0 Å². The molecule has 0 radical (unpaired) electrons. The first-order valence-corrected chi connectivity index (χ1v) is 12.0. The van der Waals surface area contributed by atoms with E-state index in [9.17, 15) is 24.6 Å². The molecule has 9 nitrogen and oxygen atoms in total. The van der Waals surface area contributed by atoms with Crippen LogP contribution in [0.4, 0.5) is 4.79 Å². The summed E-state index contributed by atoms with van der Waals surface area (Å²) < 4.78 is 5.36. The van der Waals surface area contributed by atoms with Crippen LogP contribution in [0.2, 0.25) is 0 Å². The fourth-order valence-corrected chi connectivity index (χ4v) is 3.58. The van der Waals surface area contributed by atoms with E-state index in [1.807, 2.05) is 6.92 Å². The number of ether oxygens (including phenoxy) is 1. The topological polar surface area (TPSA) is 128 Å². The van der Waals surface area contributed by atoms with E-state index in [0.29, 0.717) is 17.7 Å². The maximum Gasteiger partial charge on any atom is 0.408 e. The van der Waals surface area contributed by atoms with Gasteiger partial charge in [-0.2, -0.15) is 0 Å². The number of likely N-dealkylation sites (N-methyl/N-ethyl adjacent to an activating group) is 1. The number of rotatable bonds is 10. The molecule has 0 aliphatic carbocycles. The van der Waals surface area contributed by atoms with E-state index in [2.05, 4.69) is 10.6 Å². The minimum atomic E-state index is -1.04. The van der Waals surface area contributed by atoms with Crippen molar-refractivity contribution >= 4 is 17.9 Å². The molecule has 2 aromatic carbocycles. The molecule has 3 amide bonds. The number of aromatic hydroxyl groups is 2. The number of hydrogen-bond donors (Lipinski definition) is 4. The Morgan fingerprint density at radius 3 is 2.06 bits per heavy atom. The highest BCUT2D eigenvalue weighted by Gasteiger charge is 2.34. The van der Waals surface area contributed by atoms with Crippen LogP contribution >= 0.6 is 0 Å². The predicted octanol–water partition coefficient (Wildman–Crippen LogP) is 3.65. The monoisotopic (exact) mass is 499 g/mol. The summed E-state index contributed by atoms with van der Waals surface area (Å²) in [7, 11) is 1.50. The Morgan fingerprint density at radius 2 is 1.53 bits per heavy atom. The summed E-state index contributed by atoms with van der Waals surface area (Å²) in [5.41, 5.74) is 0.443. The van der Waals surface area contributed by atoms with Crippen molar-refractivity contribution in [3.63, 3.8) is 0 Å². The first kappa shape index (κ1) is 28.5. The van der Waals surface area contributed by atoms with Crippen LogP contribution in [0.15, 0.2) is 48.5 Å². The van der Waals surface area contributed by atoms with Crippen LogP contribution in [-0.2, 0) is 20.7 Å². The van der Waals surface area contributed by atoms with E-state index in [0.717, 1.165) is 12.8 Å². The molecular formula is C27H37N3O6. The zero-order valence-corrected chi connectivity index (χ0v) is 21.6. The first-order chi connectivity index (χ1) is 16.9. The summed E-state index contributed by atoms with van der Waals surface area (Å²) >= 11 is 0. The summed E-state index contributed by atoms with van der Waals surface area (Å²) in [6, 6.07) is 10.3. The number of carbonyl (C=O) groups excluding carboxylic acids is 3. The third-order valence-electron chi connectivity index (χ3n) is 5.39. The molecule has 0 bridgehead atoms. The number of nitrogens with zero attached hydrogens (tertiary/aromatic N) is 1. The van der Waals surface area contributed by atoms with E-state index >= 15 is 0 Å². The van der Waals surface area contributed by atoms with Crippen molar-refractivity contribution in [3.05, 3.63) is 59.7 Å². The third-order valence-corrected chi connectivity index (χ3v) is 5.39. The maximum atomic E-state index is 13.7. The normalized spacial score (nSPS) is 12.8. The molecule has 4 N–H and O–H groups in total. The van der Waals surface area contributed by atoms with Gasteiger partial charge in [-0.15, -0.1) is 0 Å². The second-order valence-corrected chi connectivity index (χ2v) is 9.66. The van der Waals surface area contributed by atoms with Crippen molar-refractivity contribution in [2.45, 2.75) is 64.6 Å². The van der Waals surface area contributed by atoms with E-state index in [1.54, 1.807) is 45.0 Å². The standard InChI is InChI=1S/C27H37N3O6/c1-6-7-16-28-24(33)23(19-10-14-21(32)15-11-19)30(5)25(34)22(29-26(35)36-27(2,3)4)17-18-8-12-20(31)13-9-18/h8-15,22-23,31-32H,6-7,16-17H2,1-5H3,(H,28,33)(H,29,35). The number of nitrogens with one attached hydrogen (secondary N) is 2. The summed E-state index contributed by atoms with van der Waals surface area (Å²) in [6.07, 6.45) is 1.03. The van der Waals surface area contributed by atoms with Crippen molar-refractivity contribution in [3.8, 4) is 11.5 Å².